The van der Waals surface area contributed by atoms with E-state index in [0.29, 0.717) is 5.15 Å². The maximum absolute atomic E-state index is 6.05. The Morgan fingerprint density at radius 1 is 1.25 bits per heavy atom. The van der Waals surface area contributed by atoms with Gasteiger partial charge in [0.1, 0.15) is 16.8 Å². The molecular formula is C15H19ClN4. The van der Waals surface area contributed by atoms with E-state index in [2.05, 4.69) is 47.1 Å². The zero-order valence-electron chi connectivity index (χ0n) is 12.0. The first kappa shape index (κ1) is 14.7. The Morgan fingerprint density at radius 3 is 2.70 bits per heavy atom. The third-order valence-corrected chi connectivity index (χ3v) is 3.00. The first-order chi connectivity index (χ1) is 9.45. The Morgan fingerprint density at radius 2 is 2.05 bits per heavy atom. The van der Waals surface area contributed by atoms with Crippen molar-refractivity contribution >= 4 is 17.4 Å². The molecule has 0 spiro atoms. The standard InChI is InChI=1S/C15H19ClN4/c1-15(2,3)14-19-12(16)9-13(20-14)18-8-6-11-5-4-7-17-10-11/h4-5,7,9-10H,6,8H2,1-3H3,(H,18,19,20). The molecular weight excluding hydrogens is 272 g/mol. The lowest BCUT2D eigenvalue weighted by Gasteiger charge is -2.17. The highest BCUT2D eigenvalue weighted by Gasteiger charge is 2.18. The van der Waals surface area contributed by atoms with Gasteiger partial charge in [0.15, 0.2) is 0 Å². The smallest absolute Gasteiger partial charge is 0.137 e. The summed E-state index contributed by atoms with van der Waals surface area (Å²) in [5.41, 5.74) is 1.07. The molecule has 2 heterocycles. The molecule has 2 aromatic rings. The molecule has 2 rings (SSSR count). The molecule has 0 fully saturated rings. The van der Waals surface area contributed by atoms with Crippen molar-refractivity contribution < 1.29 is 0 Å². The van der Waals surface area contributed by atoms with Gasteiger partial charge in [-0.3, -0.25) is 4.98 Å². The second-order valence-corrected chi connectivity index (χ2v) is 6.07. The molecule has 20 heavy (non-hydrogen) atoms. The van der Waals surface area contributed by atoms with Crippen molar-refractivity contribution in [3.8, 4) is 0 Å². The normalized spacial score (nSPS) is 11.4. The van der Waals surface area contributed by atoms with Crippen LogP contribution in [0, 0.1) is 0 Å². The summed E-state index contributed by atoms with van der Waals surface area (Å²) in [6.07, 6.45) is 4.53. The van der Waals surface area contributed by atoms with Gasteiger partial charge < -0.3 is 5.32 Å². The van der Waals surface area contributed by atoms with Crippen LogP contribution in [0.5, 0.6) is 0 Å². The minimum Gasteiger partial charge on any atom is -0.370 e. The Labute approximate surface area is 124 Å². The zero-order valence-corrected chi connectivity index (χ0v) is 12.8. The van der Waals surface area contributed by atoms with Crippen molar-refractivity contribution in [2.75, 3.05) is 11.9 Å². The number of halogens is 1. The maximum Gasteiger partial charge on any atom is 0.137 e. The summed E-state index contributed by atoms with van der Waals surface area (Å²) in [5, 5.41) is 3.75. The summed E-state index contributed by atoms with van der Waals surface area (Å²) in [6.45, 7) is 6.98. The van der Waals surface area contributed by atoms with E-state index < -0.39 is 0 Å². The molecule has 0 saturated heterocycles. The first-order valence-corrected chi connectivity index (χ1v) is 7.01. The molecule has 0 aliphatic rings. The number of hydrogen-bond donors (Lipinski definition) is 1. The highest BCUT2D eigenvalue weighted by Crippen LogP contribution is 2.22. The van der Waals surface area contributed by atoms with Gasteiger partial charge in [0.25, 0.3) is 0 Å². The zero-order chi connectivity index (χ0) is 14.6. The molecule has 0 aliphatic carbocycles. The number of rotatable bonds is 4. The van der Waals surface area contributed by atoms with Crippen LogP contribution in [0.2, 0.25) is 5.15 Å². The van der Waals surface area contributed by atoms with Crippen LogP contribution in [0.4, 0.5) is 5.82 Å². The van der Waals surface area contributed by atoms with Crippen LogP contribution in [-0.2, 0) is 11.8 Å². The number of nitrogens with zero attached hydrogens (tertiary/aromatic N) is 3. The summed E-state index contributed by atoms with van der Waals surface area (Å²) in [6, 6.07) is 5.75. The van der Waals surface area contributed by atoms with Crippen LogP contribution >= 0.6 is 11.6 Å². The monoisotopic (exact) mass is 290 g/mol. The summed E-state index contributed by atoms with van der Waals surface area (Å²) in [7, 11) is 0. The van der Waals surface area contributed by atoms with Gasteiger partial charge in [-0.05, 0) is 18.1 Å². The van der Waals surface area contributed by atoms with Gasteiger partial charge >= 0.3 is 0 Å². The first-order valence-electron chi connectivity index (χ1n) is 6.63. The second kappa shape index (κ2) is 6.18. The molecule has 0 unspecified atom stereocenters. The summed E-state index contributed by atoms with van der Waals surface area (Å²) < 4.78 is 0. The van der Waals surface area contributed by atoms with Crippen molar-refractivity contribution in [1.29, 1.82) is 0 Å². The maximum atomic E-state index is 6.05. The van der Waals surface area contributed by atoms with Crippen LogP contribution < -0.4 is 5.32 Å². The summed E-state index contributed by atoms with van der Waals surface area (Å²) in [4.78, 5) is 12.9. The van der Waals surface area contributed by atoms with Gasteiger partial charge in [0, 0.05) is 30.4 Å². The van der Waals surface area contributed by atoms with E-state index in [0.717, 1.165) is 24.6 Å². The Balaban J connectivity index is 2.01. The third kappa shape index (κ3) is 4.17. The van der Waals surface area contributed by atoms with Crippen LogP contribution in [-0.4, -0.2) is 21.5 Å². The largest absolute Gasteiger partial charge is 0.370 e. The van der Waals surface area contributed by atoms with Gasteiger partial charge in [-0.2, -0.15) is 0 Å². The molecule has 0 bridgehead atoms. The topological polar surface area (TPSA) is 50.7 Å². The lowest BCUT2D eigenvalue weighted by Crippen LogP contribution is -2.17. The molecule has 0 amide bonds. The van der Waals surface area contributed by atoms with Gasteiger partial charge in [-0.15, -0.1) is 0 Å². The molecule has 5 heteroatoms. The minimum atomic E-state index is -0.120. The van der Waals surface area contributed by atoms with Crippen molar-refractivity contribution in [2.45, 2.75) is 32.6 Å². The fourth-order valence-corrected chi connectivity index (χ4v) is 1.91. The predicted molar refractivity (Wildman–Crippen MR) is 82.2 cm³/mol. The highest BCUT2D eigenvalue weighted by atomic mass is 35.5. The SMILES string of the molecule is CC(C)(C)c1nc(Cl)cc(NCCc2cccnc2)n1. The Kier molecular flexibility index (Phi) is 4.55. The van der Waals surface area contributed by atoms with E-state index in [9.17, 15) is 0 Å². The van der Waals surface area contributed by atoms with Crippen molar-refractivity contribution in [2.24, 2.45) is 0 Å². The average molecular weight is 291 g/mol. The van der Waals surface area contributed by atoms with Crippen LogP contribution in [0.1, 0.15) is 32.2 Å². The molecule has 0 aromatic carbocycles. The van der Waals surface area contributed by atoms with E-state index >= 15 is 0 Å². The van der Waals surface area contributed by atoms with E-state index in [-0.39, 0.29) is 5.41 Å². The van der Waals surface area contributed by atoms with Gasteiger partial charge in [-0.1, -0.05) is 38.4 Å². The molecule has 0 radical (unpaired) electrons. The number of pyridine rings is 1. The van der Waals surface area contributed by atoms with Crippen LogP contribution in [0.25, 0.3) is 0 Å². The fourth-order valence-electron chi connectivity index (χ4n) is 1.72. The number of nitrogens with one attached hydrogen (secondary N) is 1. The quantitative estimate of drug-likeness (QED) is 0.876. The fraction of sp³-hybridized carbons (Fsp3) is 0.400. The molecule has 2 aromatic heterocycles. The number of hydrogen-bond acceptors (Lipinski definition) is 4. The Bertz CT molecular complexity index is 564. The molecule has 0 atom stereocenters. The average Bonchev–Trinajstić information content (AvgIpc) is 2.38. The third-order valence-electron chi connectivity index (χ3n) is 2.81. The lowest BCUT2D eigenvalue weighted by atomic mass is 9.96. The minimum absolute atomic E-state index is 0.120. The number of aromatic nitrogens is 3. The lowest BCUT2D eigenvalue weighted by molar-refractivity contribution is 0.546. The van der Waals surface area contributed by atoms with Crippen molar-refractivity contribution in [1.82, 2.24) is 15.0 Å². The van der Waals surface area contributed by atoms with Crippen LogP contribution in [0.15, 0.2) is 30.6 Å². The van der Waals surface area contributed by atoms with Crippen LogP contribution in [0.3, 0.4) is 0 Å². The Hall–Kier alpha value is -1.68. The molecule has 0 aliphatic heterocycles. The van der Waals surface area contributed by atoms with Crippen molar-refractivity contribution in [3.63, 3.8) is 0 Å². The number of anilines is 1. The summed E-state index contributed by atoms with van der Waals surface area (Å²) >= 11 is 6.05. The van der Waals surface area contributed by atoms with E-state index in [1.165, 1.54) is 5.56 Å². The van der Waals surface area contributed by atoms with E-state index in [1.54, 1.807) is 12.3 Å². The highest BCUT2D eigenvalue weighted by molar-refractivity contribution is 6.29. The van der Waals surface area contributed by atoms with Gasteiger partial charge in [0.05, 0.1) is 0 Å². The summed E-state index contributed by atoms with van der Waals surface area (Å²) in [5.74, 6) is 1.51. The van der Waals surface area contributed by atoms with E-state index in [4.69, 9.17) is 11.6 Å². The van der Waals surface area contributed by atoms with Gasteiger partial charge in [0.2, 0.25) is 0 Å². The van der Waals surface area contributed by atoms with Gasteiger partial charge in [-0.25, -0.2) is 9.97 Å². The molecule has 0 saturated carbocycles. The second-order valence-electron chi connectivity index (χ2n) is 5.69. The van der Waals surface area contributed by atoms with E-state index in [1.807, 2.05) is 12.3 Å². The predicted octanol–water partition coefficient (Wildman–Crippen LogP) is 3.48. The molecule has 106 valence electrons. The van der Waals surface area contributed by atoms with Crippen molar-refractivity contribution in [3.05, 3.63) is 47.1 Å². The molecule has 1 N–H and O–H groups in total. The molecule has 4 nitrogen and oxygen atoms in total.